The monoisotopic (exact) mass is 315 g/mol. The molecule has 0 spiro atoms. The van der Waals surface area contributed by atoms with Gasteiger partial charge in [0, 0.05) is 5.56 Å². The largest absolute Gasteiger partial charge is 0.425 e. The Morgan fingerprint density at radius 3 is 2.70 bits per heavy atom. The van der Waals surface area contributed by atoms with E-state index in [0.29, 0.717) is 5.56 Å². The van der Waals surface area contributed by atoms with E-state index in [1.807, 2.05) is 6.07 Å². The molecule has 1 aromatic carbocycles. The molecule has 8 nitrogen and oxygen atoms in total. The standard InChI is InChI=1S/C14H14BN3O5/c1-2-9(16-13(15)21)10(19)12(20)22-14-17-11(18-23-14)8-6-4-3-5-7-8/h3-7,9-10,19H,2H2,1H3,(H,16,21)/t9-,10?/m0/s1. The van der Waals surface area contributed by atoms with Crippen LogP contribution < -0.4 is 10.1 Å². The quantitative estimate of drug-likeness (QED) is 0.594. The van der Waals surface area contributed by atoms with E-state index in [9.17, 15) is 14.7 Å². The van der Waals surface area contributed by atoms with Crippen LogP contribution in [0.5, 0.6) is 6.08 Å². The van der Waals surface area contributed by atoms with Crippen molar-refractivity contribution in [1.82, 2.24) is 15.5 Å². The number of carbonyl (C=O) groups is 2. The summed E-state index contributed by atoms with van der Waals surface area (Å²) in [5.41, 5.74) is 0.681. The van der Waals surface area contributed by atoms with Crippen molar-refractivity contribution in [3.05, 3.63) is 30.3 Å². The zero-order chi connectivity index (χ0) is 16.8. The van der Waals surface area contributed by atoms with Crippen LogP contribution in [0.4, 0.5) is 4.79 Å². The second kappa shape index (κ2) is 7.55. The molecule has 1 heterocycles. The van der Waals surface area contributed by atoms with Gasteiger partial charge >= 0.3 is 12.0 Å². The third kappa shape index (κ3) is 4.40. The molecule has 0 aliphatic carbocycles. The van der Waals surface area contributed by atoms with Crippen molar-refractivity contribution in [2.45, 2.75) is 25.5 Å². The van der Waals surface area contributed by atoms with Gasteiger partial charge < -0.3 is 15.2 Å². The maximum Gasteiger partial charge on any atom is 0.425 e. The molecule has 2 aromatic rings. The lowest BCUT2D eigenvalue weighted by Crippen LogP contribution is -2.47. The number of carbonyl (C=O) groups excluding carboxylic acids is 2. The molecule has 0 saturated carbocycles. The fraction of sp³-hybridized carbons (Fsp3) is 0.286. The van der Waals surface area contributed by atoms with Gasteiger partial charge in [-0.05, 0) is 6.42 Å². The normalized spacial score (nSPS) is 13.1. The van der Waals surface area contributed by atoms with Gasteiger partial charge in [-0.25, -0.2) is 4.79 Å². The van der Waals surface area contributed by atoms with Crippen molar-refractivity contribution < 1.29 is 24.0 Å². The van der Waals surface area contributed by atoms with E-state index in [-0.39, 0.29) is 12.2 Å². The summed E-state index contributed by atoms with van der Waals surface area (Å²) in [6.45, 7) is 1.66. The van der Waals surface area contributed by atoms with Crippen molar-refractivity contribution in [2.75, 3.05) is 0 Å². The van der Waals surface area contributed by atoms with Crippen molar-refractivity contribution >= 4 is 19.6 Å². The van der Waals surface area contributed by atoms with Crippen LogP contribution in [0.25, 0.3) is 11.4 Å². The highest BCUT2D eigenvalue weighted by Crippen LogP contribution is 2.18. The van der Waals surface area contributed by atoms with E-state index >= 15 is 0 Å². The molecule has 2 N–H and O–H groups in total. The Hall–Kier alpha value is -2.68. The minimum Gasteiger partial charge on any atom is -0.379 e. The van der Waals surface area contributed by atoms with Crippen LogP contribution in [0.1, 0.15) is 13.3 Å². The summed E-state index contributed by atoms with van der Waals surface area (Å²) in [7, 11) is 4.97. The minimum absolute atomic E-state index is 0.241. The number of benzene rings is 1. The number of aliphatic hydroxyl groups excluding tert-OH is 1. The Morgan fingerprint density at radius 1 is 1.39 bits per heavy atom. The molecule has 0 aliphatic heterocycles. The first-order chi connectivity index (χ1) is 11.0. The van der Waals surface area contributed by atoms with Crippen LogP contribution in [-0.4, -0.2) is 47.0 Å². The molecule has 1 amide bonds. The molecule has 9 heteroatoms. The highest BCUT2D eigenvalue weighted by Gasteiger charge is 2.28. The molecule has 1 aromatic heterocycles. The van der Waals surface area contributed by atoms with E-state index in [0.717, 1.165) is 0 Å². The molecule has 23 heavy (non-hydrogen) atoms. The van der Waals surface area contributed by atoms with Gasteiger partial charge in [0.2, 0.25) is 13.7 Å². The number of nitrogens with zero attached hydrogens (tertiary/aromatic N) is 2. The lowest BCUT2D eigenvalue weighted by Gasteiger charge is -2.20. The van der Waals surface area contributed by atoms with Crippen molar-refractivity contribution in [3.8, 4) is 17.5 Å². The fourth-order valence-electron chi connectivity index (χ4n) is 1.85. The third-order valence-electron chi connectivity index (χ3n) is 3.02. The molecular formula is C14H14BN3O5. The summed E-state index contributed by atoms with van der Waals surface area (Å²) >= 11 is 0. The number of amides is 1. The number of hydrogen-bond acceptors (Lipinski definition) is 7. The molecule has 2 radical (unpaired) electrons. The van der Waals surface area contributed by atoms with Gasteiger partial charge in [-0.2, -0.15) is 4.98 Å². The summed E-state index contributed by atoms with van der Waals surface area (Å²) in [5.74, 6) is -1.65. The molecule has 118 valence electrons. The number of aromatic nitrogens is 2. The zero-order valence-corrected chi connectivity index (χ0v) is 12.3. The number of ether oxygens (including phenoxy) is 1. The number of rotatable bonds is 6. The lowest BCUT2D eigenvalue weighted by molar-refractivity contribution is -0.147. The topological polar surface area (TPSA) is 115 Å². The van der Waals surface area contributed by atoms with Crippen LogP contribution in [0.2, 0.25) is 0 Å². The number of hydrogen-bond donors (Lipinski definition) is 2. The van der Waals surface area contributed by atoms with Gasteiger partial charge in [-0.15, -0.1) is 0 Å². The summed E-state index contributed by atoms with van der Waals surface area (Å²) in [6.07, 6.45) is -1.74. The summed E-state index contributed by atoms with van der Waals surface area (Å²) in [5, 5.41) is 15.8. The molecule has 2 rings (SSSR count). The molecule has 0 saturated heterocycles. The number of aliphatic hydroxyl groups is 1. The first-order valence-corrected chi connectivity index (χ1v) is 6.86. The van der Waals surface area contributed by atoms with Crippen LogP contribution in [0, 0.1) is 0 Å². The minimum atomic E-state index is -1.61. The van der Waals surface area contributed by atoms with Crippen molar-refractivity contribution in [1.29, 1.82) is 0 Å². The predicted molar refractivity (Wildman–Crippen MR) is 79.7 cm³/mol. The van der Waals surface area contributed by atoms with Gasteiger partial charge in [-0.1, -0.05) is 42.4 Å². The Balaban J connectivity index is 2.03. The molecule has 1 unspecified atom stereocenters. The Labute approximate surface area is 133 Å². The molecule has 0 aliphatic rings. The smallest absolute Gasteiger partial charge is 0.379 e. The molecular weight excluding hydrogens is 301 g/mol. The van der Waals surface area contributed by atoms with Gasteiger partial charge in [-0.3, -0.25) is 9.32 Å². The van der Waals surface area contributed by atoms with Gasteiger partial charge in [0.05, 0.1) is 6.04 Å². The van der Waals surface area contributed by atoms with Gasteiger partial charge in [0.25, 0.3) is 0 Å². The predicted octanol–water partition coefficient (Wildman–Crippen LogP) is 0.660. The average molecular weight is 315 g/mol. The molecule has 0 fully saturated rings. The molecule has 2 atom stereocenters. The summed E-state index contributed by atoms with van der Waals surface area (Å²) in [4.78, 5) is 26.6. The Morgan fingerprint density at radius 2 is 2.09 bits per heavy atom. The fourth-order valence-corrected chi connectivity index (χ4v) is 1.85. The van der Waals surface area contributed by atoms with Crippen LogP contribution in [0.15, 0.2) is 34.9 Å². The second-order valence-corrected chi connectivity index (χ2v) is 4.64. The van der Waals surface area contributed by atoms with Crippen LogP contribution in [0.3, 0.4) is 0 Å². The van der Waals surface area contributed by atoms with E-state index in [1.54, 1.807) is 31.2 Å². The SMILES string of the molecule is [B]C(=O)N[C@@H](CC)C(O)C(=O)Oc1nc(-c2ccccc2)no1. The van der Waals surface area contributed by atoms with Gasteiger partial charge in [0.15, 0.2) is 11.9 Å². The van der Waals surface area contributed by atoms with Crippen LogP contribution >= 0.6 is 0 Å². The summed E-state index contributed by atoms with van der Waals surface area (Å²) < 4.78 is 9.63. The van der Waals surface area contributed by atoms with E-state index in [2.05, 4.69) is 15.5 Å². The Bertz CT molecular complexity index is 676. The van der Waals surface area contributed by atoms with Crippen molar-refractivity contribution in [3.63, 3.8) is 0 Å². The van der Waals surface area contributed by atoms with E-state index in [1.165, 1.54) is 0 Å². The van der Waals surface area contributed by atoms with Gasteiger partial charge in [0.1, 0.15) is 0 Å². The maximum absolute atomic E-state index is 11.8. The number of esters is 1. The zero-order valence-electron chi connectivity index (χ0n) is 12.3. The number of nitrogens with one attached hydrogen (secondary N) is 1. The van der Waals surface area contributed by atoms with E-state index < -0.39 is 30.0 Å². The summed E-state index contributed by atoms with van der Waals surface area (Å²) in [6, 6.07) is 8.06. The third-order valence-corrected chi connectivity index (χ3v) is 3.02. The van der Waals surface area contributed by atoms with E-state index in [4.69, 9.17) is 17.1 Å². The first kappa shape index (κ1) is 16.7. The average Bonchev–Trinajstić information content (AvgIpc) is 3.01. The Kier molecular flexibility index (Phi) is 5.48. The highest BCUT2D eigenvalue weighted by molar-refractivity contribution is 6.57. The van der Waals surface area contributed by atoms with Crippen LogP contribution in [-0.2, 0) is 4.79 Å². The second-order valence-electron chi connectivity index (χ2n) is 4.64. The highest BCUT2D eigenvalue weighted by atomic mass is 16.7. The molecule has 0 bridgehead atoms. The lowest BCUT2D eigenvalue weighted by atomic mass is 10.0. The maximum atomic E-state index is 11.8. The van der Waals surface area contributed by atoms with Crippen molar-refractivity contribution in [2.24, 2.45) is 0 Å². The first-order valence-electron chi connectivity index (χ1n) is 6.86.